The molecule has 0 aliphatic carbocycles. The number of anilines is 1. The first-order valence-corrected chi connectivity index (χ1v) is 12.1. The van der Waals surface area contributed by atoms with E-state index in [-0.39, 0.29) is 4.90 Å². The van der Waals surface area contributed by atoms with Crippen molar-refractivity contribution in [3.63, 3.8) is 0 Å². The molecular weight excluding hydrogens is 472 g/mol. The van der Waals surface area contributed by atoms with E-state index in [1.165, 1.54) is 18.2 Å². The number of aryl methyl sites for hydroxylation is 1. The third-order valence-corrected chi connectivity index (χ3v) is 6.51. The summed E-state index contributed by atoms with van der Waals surface area (Å²) in [7, 11) is -4.08. The van der Waals surface area contributed by atoms with E-state index < -0.39 is 40.5 Å². The molecule has 0 saturated carbocycles. The molecule has 0 unspecified atom stereocenters. The molecule has 0 aromatic heterocycles. The number of nitrogens with one attached hydrogen (secondary N) is 2. The summed E-state index contributed by atoms with van der Waals surface area (Å²) in [5, 5.41) is 3.15. The molecule has 1 atom stereocenters. The Bertz CT molecular complexity index is 1150. The van der Waals surface area contributed by atoms with Crippen LogP contribution < -0.4 is 19.5 Å². The van der Waals surface area contributed by atoms with Crippen LogP contribution in [0.1, 0.15) is 19.4 Å². The molecule has 33 heavy (non-hydrogen) atoms. The summed E-state index contributed by atoms with van der Waals surface area (Å²) in [5.74, 6) is -1.12. The van der Waals surface area contributed by atoms with Crippen molar-refractivity contribution in [3.05, 3.63) is 47.0 Å². The number of esters is 1. The summed E-state index contributed by atoms with van der Waals surface area (Å²) in [4.78, 5) is 24.7. The Labute approximate surface area is 197 Å². The number of hydrogen-bond donors (Lipinski definition) is 2. The van der Waals surface area contributed by atoms with Crippen molar-refractivity contribution in [3.8, 4) is 11.5 Å². The first kappa shape index (κ1) is 24.8. The summed E-state index contributed by atoms with van der Waals surface area (Å²) in [6, 6.07) is 7.93. The molecule has 2 N–H and O–H groups in total. The molecular formula is C22H25ClN2O7S. The molecule has 9 nitrogen and oxygen atoms in total. The zero-order valence-corrected chi connectivity index (χ0v) is 20.0. The number of ether oxygens (including phenoxy) is 3. The minimum absolute atomic E-state index is 0.0823. The molecule has 2 aromatic rings. The summed E-state index contributed by atoms with van der Waals surface area (Å²) in [6.07, 6.45) is 0. The third-order valence-electron chi connectivity index (χ3n) is 4.83. The molecule has 1 amide bonds. The molecule has 1 aliphatic rings. The number of benzene rings is 2. The van der Waals surface area contributed by atoms with Gasteiger partial charge in [-0.05, 0) is 48.7 Å². The lowest BCUT2D eigenvalue weighted by Gasteiger charge is -2.22. The number of carbonyl (C=O) groups is 2. The lowest BCUT2D eigenvalue weighted by Crippen LogP contribution is -2.45. The number of carbonyl (C=O) groups excluding carboxylic acids is 2. The van der Waals surface area contributed by atoms with Crippen molar-refractivity contribution < 1.29 is 32.2 Å². The molecule has 0 bridgehead atoms. The number of hydrogen-bond acceptors (Lipinski definition) is 7. The molecule has 178 valence electrons. The van der Waals surface area contributed by atoms with Gasteiger partial charge < -0.3 is 19.5 Å². The summed E-state index contributed by atoms with van der Waals surface area (Å²) in [6.45, 7) is 5.21. The Balaban J connectivity index is 1.64. The van der Waals surface area contributed by atoms with Crippen LogP contribution in [-0.4, -0.2) is 46.2 Å². The maximum absolute atomic E-state index is 12.9. The number of sulfonamides is 1. The van der Waals surface area contributed by atoms with Crippen LogP contribution in [0.4, 0.5) is 5.69 Å². The van der Waals surface area contributed by atoms with E-state index in [1.807, 2.05) is 0 Å². The molecule has 1 aliphatic heterocycles. The molecule has 1 heterocycles. The second-order valence-electron chi connectivity index (χ2n) is 7.76. The number of fused-ring (bicyclic) bond motifs is 1. The van der Waals surface area contributed by atoms with Crippen LogP contribution in [0.5, 0.6) is 11.5 Å². The highest BCUT2D eigenvalue weighted by molar-refractivity contribution is 7.89. The first-order chi connectivity index (χ1) is 15.6. The minimum Gasteiger partial charge on any atom is -0.486 e. The summed E-state index contributed by atoms with van der Waals surface area (Å²) < 4.78 is 44.0. The van der Waals surface area contributed by atoms with Crippen LogP contribution in [0.25, 0.3) is 0 Å². The van der Waals surface area contributed by atoms with Crippen LogP contribution >= 0.6 is 11.6 Å². The normalized spacial score (nSPS) is 14.0. The van der Waals surface area contributed by atoms with Crippen molar-refractivity contribution in [2.75, 3.05) is 25.1 Å². The van der Waals surface area contributed by atoms with Gasteiger partial charge in [0.25, 0.3) is 5.91 Å². The van der Waals surface area contributed by atoms with Crippen molar-refractivity contribution in [1.82, 2.24) is 4.72 Å². The van der Waals surface area contributed by atoms with E-state index >= 15 is 0 Å². The highest BCUT2D eigenvalue weighted by Gasteiger charge is 2.31. The average molecular weight is 497 g/mol. The topological polar surface area (TPSA) is 120 Å². The van der Waals surface area contributed by atoms with Gasteiger partial charge in [-0.2, -0.15) is 4.72 Å². The van der Waals surface area contributed by atoms with Gasteiger partial charge in [0, 0.05) is 16.8 Å². The van der Waals surface area contributed by atoms with Gasteiger partial charge in [-0.1, -0.05) is 25.4 Å². The molecule has 0 saturated heterocycles. The standard InChI is InChI=1S/C22H25ClN2O7S/c1-13(2)21(22(27)32-12-20(26)24-17-6-4-15(23)10-14(17)3)25-33(28,29)16-5-7-18-19(11-16)31-9-8-30-18/h4-7,10-11,13,21,25H,8-9,12H2,1-3H3,(H,24,26)/t21-/m0/s1. The van der Waals surface area contributed by atoms with Gasteiger partial charge in [0.15, 0.2) is 18.1 Å². The molecule has 0 spiro atoms. The summed E-state index contributed by atoms with van der Waals surface area (Å²) in [5.41, 5.74) is 1.27. The van der Waals surface area contributed by atoms with Crippen molar-refractivity contribution in [2.24, 2.45) is 5.92 Å². The van der Waals surface area contributed by atoms with Gasteiger partial charge >= 0.3 is 5.97 Å². The fourth-order valence-corrected chi connectivity index (χ4v) is 4.64. The van der Waals surface area contributed by atoms with Crippen molar-refractivity contribution in [2.45, 2.75) is 31.7 Å². The highest BCUT2D eigenvalue weighted by atomic mass is 35.5. The monoisotopic (exact) mass is 496 g/mol. The van der Waals surface area contributed by atoms with Crippen LogP contribution in [0, 0.1) is 12.8 Å². The van der Waals surface area contributed by atoms with Gasteiger partial charge in [-0.3, -0.25) is 9.59 Å². The molecule has 11 heteroatoms. The molecule has 0 fully saturated rings. The van der Waals surface area contributed by atoms with E-state index in [4.69, 9.17) is 25.8 Å². The van der Waals surface area contributed by atoms with Crippen LogP contribution in [0.15, 0.2) is 41.3 Å². The first-order valence-electron chi connectivity index (χ1n) is 10.2. The summed E-state index contributed by atoms with van der Waals surface area (Å²) >= 11 is 5.90. The van der Waals surface area contributed by atoms with E-state index in [0.717, 1.165) is 5.56 Å². The van der Waals surface area contributed by atoms with Crippen LogP contribution in [0.3, 0.4) is 0 Å². The fraction of sp³-hybridized carbons (Fsp3) is 0.364. The lowest BCUT2D eigenvalue weighted by atomic mass is 10.1. The Hall–Kier alpha value is -2.82. The second-order valence-corrected chi connectivity index (χ2v) is 9.91. The predicted molar refractivity (Wildman–Crippen MR) is 122 cm³/mol. The lowest BCUT2D eigenvalue weighted by molar-refractivity contribution is -0.150. The fourth-order valence-electron chi connectivity index (χ4n) is 3.06. The van der Waals surface area contributed by atoms with E-state index in [9.17, 15) is 18.0 Å². The predicted octanol–water partition coefficient (Wildman–Crippen LogP) is 2.90. The highest BCUT2D eigenvalue weighted by Crippen LogP contribution is 2.32. The average Bonchev–Trinajstić information content (AvgIpc) is 2.77. The Morgan fingerprint density at radius 2 is 1.79 bits per heavy atom. The van der Waals surface area contributed by atoms with Gasteiger partial charge in [0.2, 0.25) is 10.0 Å². The van der Waals surface area contributed by atoms with Gasteiger partial charge in [-0.25, -0.2) is 8.42 Å². The minimum atomic E-state index is -4.08. The number of halogens is 1. The third kappa shape index (κ3) is 6.37. The Morgan fingerprint density at radius 1 is 1.09 bits per heavy atom. The van der Waals surface area contributed by atoms with Crippen molar-refractivity contribution in [1.29, 1.82) is 0 Å². The Kier molecular flexibility index (Phi) is 7.83. The second kappa shape index (κ2) is 10.4. The number of amides is 1. The quantitative estimate of drug-likeness (QED) is 0.539. The molecule has 0 radical (unpaired) electrons. The number of rotatable bonds is 8. The maximum atomic E-state index is 12.9. The SMILES string of the molecule is Cc1cc(Cl)ccc1NC(=O)COC(=O)[C@@H](NS(=O)(=O)c1ccc2c(c1)OCCO2)C(C)C. The smallest absolute Gasteiger partial charge is 0.324 e. The molecule has 2 aromatic carbocycles. The Morgan fingerprint density at radius 3 is 2.45 bits per heavy atom. The zero-order chi connectivity index (χ0) is 24.2. The molecule has 3 rings (SSSR count). The van der Waals surface area contributed by atoms with Crippen LogP contribution in [-0.2, 0) is 24.3 Å². The zero-order valence-electron chi connectivity index (χ0n) is 18.4. The maximum Gasteiger partial charge on any atom is 0.324 e. The van der Waals surface area contributed by atoms with Crippen LogP contribution in [0.2, 0.25) is 5.02 Å². The van der Waals surface area contributed by atoms with E-state index in [2.05, 4.69) is 10.0 Å². The van der Waals surface area contributed by atoms with Gasteiger partial charge in [0.1, 0.15) is 19.3 Å². The van der Waals surface area contributed by atoms with E-state index in [0.29, 0.717) is 35.4 Å². The largest absolute Gasteiger partial charge is 0.486 e. The van der Waals surface area contributed by atoms with E-state index in [1.54, 1.807) is 39.0 Å². The van der Waals surface area contributed by atoms with Gasteiger partial charge in [0.05, 0.1) is 4.90 Å². The van der Waals surface area contributed by atoms with Crippen molar-refractivity contribution >= 4 is 39.2 Å². The van der Waals surface area contributed by atoms with Gasteiger partial charge in [-0.15, -0.1) is 0 Å².